The number of aryl methyl sites for hydroxylation is 1. The zero-order chi connectivity index (χ0) is 18.8. The second-order valence-corrected chi connectivity index (χ2v) is 7.20. The van der Waals surface area contributed by atoms with Gasteiger partial charge in [-0.05, 0) is 49.4 Å². The van der Waals surface area contributed by atoms with Gasteiger partial charge < -0.3 is 18.9 Å². The number of methoxy groups -OCH3 is 2. The Morgan fingerprint density at radius 1 is 1.19 bits per heavy atom. The maximum atomic E-state index is 5.57. The van der Waals surface area contributed by atoms with E-state index in [0.717, 1.165) is 53.4 Å². The molecule has 0 N–H and O–H groups in total. The minimum Gasteiger partial charge on any atom is -0.496 e. The van der Waals surface area contributed by atoms with Gasteiger partial charge in [0, 0.05) is 37.4 Å². The van der Waals surface area contributed by atoms with Gasteiger partial charge in [0.1, 0.15) is 22.8 Å². The molecule has 142 valence electrons. The molecule has 4 rings (SSSR count). The van der Waals surface area contributed by atoms with Crippen molar-refractivity contribution in [3.8, 4) is 11.5 Å². The summed E-state index contributed by atoms with van der Waals surface area (Å²) in [4.78, 5) is 11.5. The number of benzene rings is 1. The lowest BCUT2D eigenvalue weighted by Crippen LogP contribution is -2.37. The third-order valence-corrected chi connectivity index (χ3v) is 5.38. The fourth-order valence-electron chi connectivity index (χ4n) is 4.07. The zero-order valence-corrected chi connectivity index (χ0v) is 16.2. The van der Waals surface area contributed by atoms with Gasteiger partial charge in [0.25, 0.3) is 0 Å². The lowest BCUT2D eigenvalue weighted by Gasteiger charge is -2.34. The van der Waals surface area contributed by atoms with Gasteiger partial charge in [-0.15, -0.1) is 0 Å². The average molecular weight is 366 g/mol. The number of aromatic nitrogens is 3. The Bertz CT molecular complexity index is 924. The number of hydrogen-bond donors (Lipinski definition) is 0. The van der Waals surface area contributed by atoms with Crippen LogP contribution in [0.1, 0.15) is 18.4 Å². The van der Waals surface area contributed by atoms with Gasteiger partial charge in [-0.3, -0.25) is 0 Å². The van der Waals surface area contributed by atoms with Crippen molar-refractivity contribution >= 4 is 16.7 Å². The molecule has 3 heterocycles. The third kappa shape index (κ3) is 3.44. The zero-order valence-electron chi connectivity index (χ0n) is 16.2. The van der Waals surface area contributed by atoms with Crippen molar-refractivity contribution in [2.45, 2.75) is 26.3 Å². The lowest BCUT2D eigenvalue weighted by molar-refractivity contribution is 0.365. The van der Waals surface area contributed by atoms with Crippen LogP contribution in [0.15, 0.2) is 36.9 Å². The molecule has 0 spiro atoms. The minimum atomic E-state index is 0.595. The number of nitrogens with zero attached hydrogens (tertiary/aromatic N) is 4. The molecule has 0 aliphatic carbocycles. The molecular formula is C21H26N4O2. The topological polar surface area (TPSA) is 52.4 Å². The van der Waals surface area contributed by atoms with Gasteiger partial charge in [-0.1, -0.05) is 0 Å². The van der Waals surface area contributed by atoms with Crippen molar-refractivity contribution in [3.05, 3.63) is 42.5 Å². The number of ether oxygens (including phenoxy) is 2. The number of fused-ring (bicyclic) bond motifs is 1. The van der Waals surface area contributed by atoms with E-state index in [1.807, 2.05) is 30.9 Å². The Labute approximate surface area is 159 Å². The molecule has 1 aromatic carbocycles. The Balaban J connectivity index is 1.66. The van der Waals surface area contributed by atoms with Crippen LogP contribution in [0.2, 0.25) is 0 Å². The average Bonchev–Trinajstić information content (AvgIpc) is 3.20. The summed E-state index contributed by atoms with van der Waals surface area (Å²) in [5, 5.41) is 1.02. The summed E-state index contributed by atoms with van der Waals surface area (Å²) in [7, 11) is 3.38. The molecular weight excluding hydrogens is 340 g/mol. The SMILES string of the molecule is COc1ccc(OC)c2c(C)cc(N3CCC[C@@H](Cn4ccnc4)C3)nc12. The van der Waals surface area contributed by atoms with Crippen LogP contribution in [0.25, 0.3) is 10.9 Å². The van der Waals surface area contributed by atoms with E-state index in [-0.39, 0.29) is 0 Å². The predicted octanol–water partition coefficient (Wildman–Crippen LogP) is 3.67. The Kier molecular flexibility index (Phi) is 4.88. The molecule has 6 nitrogen and oxygen atoms in total. The van der Waals surface area contributed by atoms with E-state index in [1.165, 1.54) is 12.8 Å². The van der Waals surface area contributed by atoms with E-state index in [0.29, 0.717) is 5.92 Å². The second kappa shape index (κ2) is 7.47. The standard InChI is InChI=1S/C21H26N4O2/c1-15-11-19(23-21-18(27-3)7-6-17(26-2)20(15)21)25-9-4-5-16(13-25)12-24-10-8-22-14-24/h6-8,10-11,14,16H,4-5,9,12-13H2,1-3H3/t16-/m0/s1. The lowest BCUT2D eigenvalue weighted by atomic mass is 9.97. The van der Waals surface area contributed by atoms with Gasteiger partial charge in [-0.2, -0.15) is 0 Å². The summed E-state index contributed by atoms with van der Waals surface area (Å²) in [6.07, 6.45) is 8.18. The summed E-state index contributed by atoms with van der Waals surface area (Å²) in [5.74, 6) is 3.22. The minimum absolute atomic E-state index is 0.595. The molecule has 0 saturated carbocycles. The van der Waals surface area contributed by atoms with Crippen LogP contribution >= 0.6 is 0 Å². The molecule has 0 bridgehead atoms. The van der Waals surface area contributed by atoms with Crippen molar-refractivity contribution in [1.82, 2.24) is 14.5 Å². The van der Waals surface area contributed by atoms with E-state index in [1.54, 1.807) is 14.2 Å². The first-order chi connectivity index (χ1) is 13.2. The van der Waals surface area contributed by atoms with Crippen LogP contribution in [0.3, 0.4) is 0 Å². The van der Waals surface area contributed by atoms with Gasteiger partial charge in [0.15, 0.2) is 0 Å². The van der Waals surface area contributed by atoms with Gasteiger partial charge >= 0.3 is 0 Å². The maximum absolute atomic E-state index is 5.57. The molecule has 2 aromatic heterocycles. The normalized spacial score (nSPS) is 17.3. The largest absolute Gasteiger partial charge is 0.496 e. The summed E-state index contributed by atoms with van der Waals surface area (Å²) < 4.78 is 13.3. The molecule has 1 fully saturated rings. The summed E-state index contributed by atoms with van der Waals surface area (Å²) in [5.41, 5.74) is 2.02. The molecule has 3 aromatic rings. The van der Waals surface area contributed by atoms with Crippen LogP contribution in [-0.2, 0) is 6.54 Å². The van der Waals surface area contributed by atoms with E-state index in [2.05, 4.69) is 27.4 Å². The van der Waals surface area contributed by atoms with Gasteiger partial charge in [0.2, 0.25) is 0 Å². The number of rotatable bonds is 5. The van der Waals surface area contributed by atoms with Crippen molar-refractivity contribution in [2.24, 2.45) is 5.92 Å². The first-order valence-corrected chi connectivity index (χ1v) is 9.42. The number of hydrogen-bond acceptors (Lipinski definition) is 5. The summed E-state index contributed by atoms with van der Waals surface area (Å²) in [6, 6.07) is 6.04. The number of anilines is 1. The molecule has 0 radical (unpaired) electrons. The van der Waals surface area contributed by atoms with Crippen LogP contribution in [-0.4, -0.2) is 41.8 Å². The number of imidazole rings is 1. The fraction of sp³-hybridized carbons (Fsp3) is 0.429. The van der Waals surface area contributed by atoms with Crippen LogP contribution < -0.4 is 14.4 Å². The highest BCUT2D eigenvalue weighted by molar-refractivity contribution is 5.94. The Morgan fingerprint density at radius 3 is 2.74 bits per heavy atom. The van der Waals surface area contributed by atoms with Gasteiger partial charge in [-0.25, -0.2) is 9.97 Å². The highest BCUT2D eigenvalue weighted by atomic mass is 16.5. The number of pyridine rings is 1. The Hall–Kier alpha value is -2.76. The summed E-state index contributed by atoms with van der Waals surface area (Å²) >= 11 is 0. The first kappa shape index (κ1) is 17.6. The monoisotopic (exact) mass is 366 g/mol. The smallest absolute Gasteiger partial charge is 0.145 e. The highest BCUT2D eigenvalue weighted by Gasteiger charge is 2.23. The predicted molar refractivity (Wildman–Crippen MR) is 107 cm³/mol. The maximum Gasteiger partial charge on any atom is 0.145 e. The summed E-state index contributed by atoms with van der Waals surface area (Å²) in [6.45, 7) is 5.15. The van der Waals surface area contributed by atoms with E-state index >= 15 is 0 Å². The van der Waals surface area contributed by atoms with Gasteiger partial charge in [0.05, 0.1) is 20.5 Å². The van der Waals surface area contributed by atoms with E-state index in [9.17, 15) is 0 Å². The molecule has 1 aliphatic heterocycles. The molecule has 0 unspecified atom stereocenters. The van der Waals surface area contributed by atoms with Crippen molar-refractivity contribution in [2.75, 3.05) is 32.2 Å². The van der Waals surface area contributed by atoms with Crippen LogP contribution in [0, 0.1) is 12.8 Å². The second-order valence-electron chi connectivity index (χ2n) is 7.20. The molecule has 6 heteroatoms. The van der Waals surface area contributed by atoms with Crippen molar-refractivity contribution in [1.29, 1.82) is 0 Å². The third-order valence-electron chi connectivity index (χ3n) is 5.38. The first-order valence-electron chi connectivity index (χ1n) is 9.42. The molecule has 1 aliphatic rings. The highest BCUT2D eigenvalue weighted by Crippen LogP contribution is 2.36. The quantitative estimate of drug-likeness (QED) is 0.690. The van der Waals surface area contributed by atoms with Crippen molar-refractivity contribution in [3.63, 3.8) is 0 Å². The van der Waals surface area contributed by atoms with E-state index in [4.69, 9.17) is 14.5 Å². The van der Waals surface area contributed by atoms with Crippen molar-refractivity contribution < 1.29 is 9.47 Å². The molecule has 27 heavy (non-hydrogen) atoms. The Morgan fingerprint density at radius 2 is 2.00 bits per heavy atom. The molecule has 1 atom stereocenters. The number of piperidine rings is 1. The van der Waals surface area contributed by atoms with Crippen LogP contribution in [0.4, 0.5) is 5.82 Å². The molecule has 1 saturated heterocycles. The molecule has 0 amide bonds. The fourth-order valence-corrected chi connectivity index (χ4v) is 4.07. The van der Waals surface area contributed by atoms with Crippen LogP contribution in [0.5, 0.6) is 11.5 Å². The van der Waals surface area contributed by atoms with E-state index < -0.39 is 0 Å².